The van der Waals surface area contributed by atoms with Gasteiger partial charge in [-0.25, -0.2) is 0 Å². The highest BCUT2D eigenvalue weighted by Crippen LogP contribution is 2.30. The van der Waals surface area contributed by atoms with Crippen LogP contribution in [0.2, 0.25) is 0 Å². The van der Waals surface area contributed by atoms with Crippen LogP contribution in [-0.4, -0.2) is 41.6 Å². The van der Waals surface area contributed by atoms with E-state index >= 15 is 0 Å². The fraction of sp³-hybridized carbons (Fsp3) is 0.162. The molecule has 0 saturated carbocycles. The molecule has 1 amide bonds. The van der Waals surface area contributed by atoms with Crippen molar-refractivity contribution < 1.29 is 33.6 Å². The highest BCUT2D eigenvalue weighted by Gasteiger charge is 2.39. The van der Waals surface area contributed by atoms with Gasteiger partial charge in [-0.05, 0) is 69.7 Å². The zero-order valence-electron chi connectivity index (χ0n) is 25.3. The molecule has 0 heterocycles. The van der Waals surface area contributed by atoms with E-state index in [0.717, 1.165) is 11.3 Å². The molecule has 6 rings (SSSR count). The van der Waals surface area contributed by atoms with Crippen molar-refractivity contribution in [3.05, 3.63) is 135 Å². The van der Waals surface area contributed by atoms with Gasteiger partial charge in [0.1, 0.15) is 12.2 Å². The van der Waals surface area contributed by atoms with Crippen LogP contribution >= 0.6 is 0 Å². The van der Waals surface area contributed by atoms with Crippen LogP contribution in [0.15, 0.2) is 84.9 Å². The molecule has 226 valence electrons. The molecule has 2 unspecified atom stereocenters. The van der Waals surface area contributed by atoms with Gasteiger partial charge in [0.2, 0.25) is 6.41 Å². The first-order valence-electron chi connectivity index (χ1n) is 14.2. The average molecular weight is 602 g/mol. The SMILES string of the molecule is CC1C(=O)c2ccc(C(=O)c3ccc4c(c3)C(=O)C(C=O)C4=O)cc2C1=O.Cc1cccc(C)c1.Cc1cccc(NC=O)c1. The molecule has 2 aliphatic carbocycles. The van der Waals surface area contributed by atoms with E-state index < -0.39 is 29.2 Å². The van der Waals surface area contributed by atoms with Crippen molar-refractivity contribution in [3.8, 4) is 0 Å². The van der Waals surface area contributed by atoms with Crippen molar-refractivity contribution in [2.24, 2.45) is 11.8 Å². The number of amides is 1. The Morgan fingerprint density at radius 1 is 0.600 bits per heavy atom. The van der Waals surface area contributed by atoms with Crippen molar-refractivity contribution in [2.75, 3.05) is 5.32 Å². The summed E-state index contributed by atoms with van der Waals surface area (Å²) >= 11 is 0. The molecule has 4 aromatic rings. The summed E-state index contributed by atoms with van der Waals surface area (Å²) in [6.45, 7) is 7.72. The molecule has 0 saturated heterocycles. The van der Waals surface area contributed by atoms with Crippen LogP contribution in [0.3, 0.4) is 0 Å². The first-order chi connectivity index (χ1) is 21.5. The number of benzene rings is 4. The second-order valence-corrected chi connectivity index (χ2v) is 10.9. The van der Waals surface area contributed by atoms with Gasteiger partial charge in [0, 0.05) is 39.1 Å². The number of hydrogen-bond acceptors (Lipinski definition) is 7. The highest BCUT2D eigenvalue weighted by molar-refractivity contribution is 6.33. The van der Waals surface area contributed by atoms with Crippen LogP contribution in [0.1, 0.15) is 81.0 Å². The number of fused-ring (bicyclic) bond motifs is 2. The summed E-state index contributed by atoms with van der Waals surface area (Å²) < 4.78 is 0. The summed E-state index contributed by atoms with van der Waals surface area (Å²) in [6.07, 6.45) is 0.977. The van der Waals surface area contributed by atoms with Gasteiger partial charge in [-0.15, -0.1) is 0 Å². The quantitative estimate of drug-likeness (QED) is 0.169. The Bertz CT molecular complexity index is 1850. The minimum Gasteiger partial charge on any atom is -0.329 e. The predicted octanol–water partition coefficient (Wildman–Crippen LogP) is 5.99. The van der Waals surface area contributed by atoms with Crippen molar-refractivity contribution in [1.82, 2.24) is 0 Å². The molecular formula is C37H31NO7. The number of anilines is 1. The molecule has 0 fully saturated rings. The van der Waals surface area contributed by atoms with Gasteiger partial charge < -0.3 is 10.1 Å². The lowest BCUT2D eigenvalue weighted by molar-refractivity contribution is -0.109. The van der Waals surface area contributed by atoms with Crippen LogP contribution in [0.25, 0.3) is 0 Å². The van der Waals surface area contributed by atoms with E-state index in [0.29, 0.717) is 18.3 Å². The van der Waals surface area contributed by atoms with E-state index in [-0.39, 0.29) is 39.4 Å². The predicted molar refractivity (Wildman–Crippen MR) is 169 cm³/mol. The monoisotopic (exact) mass is 601 g/mol. The molecule has 1 N–H and O–H groups in total. The fourth-order valence-electron chi connectivity index (χ4n) is 5.15. The fourth-order valence-corrected chi connectivity index (χ4v) is 5.15. The summed E-state index contributed by atoms with van der Waals surface area (Å²) in [5, 5.41) is 2.57. The third-order valence-electron chi connectivity index (χ3n) is 7.53. The first-order valence-corrected chi connectivity index (χ1v) is 14.2. The number of rotatable bonds is 5. The van der Waals surface area contributed by atoms with Gasteiger partial charge in [-0.1, -0.05) is 59.7 Å². The summed E-state index contributed by atoms with van der Waals surface area (Å²) in [7, 11) is 0. The van der Waals surface area contributed by atoms with Gasteiger partial charge in [0.15, 0.2) is 28.9 Å². The van der Waals surface area contributed by atoms with Crippen LogP contribution in [0, 0.1) is 32.6 Å². The van der Waals surface area contributed by atoms with Crippen LogP contribution in [0.4, 0.5) is 5.69 Å². The number of carbonyl (C=O) groups excluding carboxylic acids is 7. The molecule has 2 aliphatic rings. The Kier molecular flexibility index (Phi) is 9.88. The maximum Gasteiger partial charge on any atom is 0.211 e. The van der Waals surface area contributed by atoms with Crippen molar-refractivity contribution in [1.29, 1.82) is 0 Å². The topological polar surface area (TPSA) is 132 Å². The van der Waals surface area contributed by atoms with E-state index in [1.807, 2.05) is 31.2 Å². The first kappa shape index (κ1) is 32.3. The van der Waals surface area contributed by atoms with Crippen molar-refractivity contribution >= 4 is 47.3 Å². The Morgan fingerprint density at radius 2 is 1.07 bits per heavy atom. The molecular weight excluding hydrogens is 570 g/mol. The second kappa shape index (κ2) is 13.8. The van der Waals surface area contributed by atoms with E-state index in [2.05, 4.69) is 43.4 Å². The van der Waals surface area contributed by atoms with E-state index in [1.165, 1.54) is 54.4 Å². The molecule has 0 aromatic heterocycles. The molecule has 4 aromatic carbocycles. The van der Waals surface area contributed by atoms with Gasteiger partial charge in [0.05, 0.1) is 5.92 Å². The summed E-state index contributed by atoms with van der Waals surface area (Å²) in [6, 6.07) is 24.5. The zero-order valence-corrected chi connectivity index (χ0v) is 25.3. The maximum absolute atomic E-state index is 12.8. The molecule has 8 nitrogen and oxygen atoms in total. The molecule has 0 radical (unpaired) electrons. The Hall–Kier alpha value is -5.63. The second-order valence-electron chi connectivity index (χ2n) is 10.9. The molecule has 0 bridgehead atoms. The van der Waals surface area contributed by atoms with Crippen LogP contribution in [0.5, 0.6) is 0 Å². The van der Waals surface area contributed by atoms with E-state index in [1.54, 1.807) is 0 Å². The number of hydrogen-bond donors (Lipinski definition) is 1. The summed E-state index contributed by atoms with van der Waals surface area (Å²) in [5.74, 6) is -4.34. The molecule has 0 spiro atoms. The smallest absolute Gasteiger partial charge is 0.211 e. The van der Waals surface area contributed by atoms with Crippen LogP contribution < -0.4 is 5.32 Å². The van der Waals surface area contributed by atoms with Gasteiger partial charge in [0.25, 0.3) is 0 Å². The zero-order chi connectivity index (χ0) is 32.8. The number of Topliss-reactive ketones (excluding diaryl/α,β-unsaturated/α-hetero) is 4. The summed E-state index contributed by atoms with van der Waals surface area (Å²) in [5.41, 5.74) is 5.70. The van der Waals surface area contributed by atoms with E-state index in [4.69, 9.17) is 0 Å². The molecule has 0 aliphatic heterocycles. The third kappa shape index (κ3) is 6.96. The molecule has 45 heavy (non-hydrogen) atoms. The van der Waals surface area contributed by atoms with Crippen LogP contribution in [-0.2, 0) is 9.59 Å². The number of ketones is 5. The van der Waals surface area contributed by atoms with E-state index in [9.17, 15) is 33.6 Å². The minimum absolute atomic E-state index is 0.0454. The lowest BCUT2D eigenvalue weighted by atomic mass is 9.96. The lowest BCUT2D eigenvalue weighted by Crippen LogP contribution is -2.15. The standard InChI is InChI=1S/C21H12O6.C8H9NO.C8H10/c1-9-17(23)12-4-2-10(6-14(12)18(9)24)19(25)11-3-5-13-15(7-11)21(27)16(8-22)20(13)26;1-7-3-2-4-8(5-7)9-6-10;1-7-4-3-5-8(2)6-7/h2-9,16H,1H3;2-6H,1H3,(H,9,10);3-6H,1-2H3. The van der Waals surface area contributed by atoms with Crippen molar-refractivity contribution in [2.45, 2.75) is 27.7 Å². The number of aldehydes is 1. The number of carbonyl (C=O) groups is 7. The minimum atomic E-state index is -1.35. The third-order valence-corrected chi connectivity index (χ3v) is 7.53. The molecule has 8 heteroatoms. The molecule has 2 atom stereocenters. The Balaban J connectivity index is 0.000000208. The summed E-state index contributed by atoms with van der Waals surface area (Å²) in [4.78, 5) is 82.1. The highest BCUT2D eigenvalue weighted by atomic mass is 16.2. The maximum atomic E-state index is 12.8. The largest absolute Gasteiger partial charge is 0.329 e. The normalized spacial score (nSPS) is 16.0. The van der Waals surface area contributed by atoms with Gasteiger partial charge in [-0.3, -0.25) is 28.8 Å². The van der Waals surface area contributed by atoms with Crippen molar-refractivity contribution in [3.63, 3.8) is 0 Å². The van der Waals surface area contributed by atoms with Gasteiger partial charge >= 0.3 is 0 Å². The number of aryl methyl sites for hydroxylation is 3. The Labute approximate surface area is 260 Å². The lowest BCUT2D eigenvalue weighted by Gasteiger charge is -2.05. The van der Waals surface area contributed by atoms with Gasteiger partial charge in [-0.2, -0.15) is 0 Å². The number of nitrogens with one attached hydrogen (secondary N) is 1. The average Bonchev–Trinajstić information content (AvgIpc) is 3.40. The Morgan fingerprint density at radius 3 is 1.56 bits per heavy atom.